The Kier molecular flexibility index (Phi) is 10.2. The number of rotatable bonds is 10. The summed E-state index contributed by atoms with van der Waals surface area (Å²) in [5, 5.41) is 0. The maximum atomic E-state index is 3.01. The molecule has 1 saturated heterocycles. The highest BCUT2D eigenvalue weighted by Crippen LogP contribution is 2.65. The fraction of sp³-hybridized carbons (Fsp3) is 1.00. The van der Waals surface area contributed by atoms with Crippen molar-refractivity contribution < 1.29 is 0 Å². The Bertz CT molecular complexity index is 723. The van der Waals surface area contributed by atoms with E-state index in [2.05, 4.69) is 157 Å². The fourth-order valence-electron chi connectivity index (χ4n) is 15.0. The molecule has 0 atom stereocenters. The molecule has 0 N–H and O–H groups in total. The summed E-state index contributed by atoms with van der Waals surface area (Å²) in [5.41, 5.74) is 4.03. The smallest absolute Gasteiger partial charge is 0.0358 e. The zero-order valence-corrected chi connectivity index (χ0v) is 43.4. The summed E-state index contributed by atoms with van der Waals surface area (Å²) in [5.74, 6) is 0. The van der Waals surface area contributed by atoms with Crippen LogP contribution in [-0.2, 0) is 0 Å². The normalized spacial score (nSPS) is 20.8. The third-order valence-electron chi connectivity index (χ3n) is 12.3. The van der Waals surface area contributed by atoms with Crippen molar-refractivity contribution in [2.24, 2.45) is 0 Å². The lowest BCUT2D eigenvalue weighted by Crippen LogP contribution is -3.12. The summed E-state index contributed by atoms with van der Waals surface area (Å²) in [7, 11) is -13.3. The van der Waals surface area contributed by atoms with Gasteiger partial charge >= 0.3 is 0 Å². The molecule has 228 valence electrons. The van der Waals surface area contributed by atoms with Crippen LogP contribution in [0.1, 0.15) is 0 Å². The molecule has 0 aromatic rings. The van der Waals surface area contributed by atoms with E-state index >= 15 is 0 Å². The topological polar surface area (TPSA) is 0 Å². The van der Waals surface area contributed by atoms with Crippen molar-refractivity contribution in [3.8, 4) is 0 Å². The predicted molar refractivity (Wildman–Crippen MR) is 219 cm³/mol. The van der Waals surface area contributed by atoms with Crippen LogP contribution in [0.4, 0.5) is 0 Å². The molecule has 12 heteroatoms. The molecule has 1 fully saturated rings. The van der Waals surface area contributed by atoms with E-state index in [0.29, 0.717) is 0 Å². The van der Waals surface area contributed by atoms with Crippen LogP contribution < -0.4 is 0 Å². The van der Waals surface area contributed by atoms with Crippen molar-refractivity contribution in [3.05, 3.63) is 0 Å². The second-order valence-electron chi connectivity index (χ2n) is 22.0. The van der Waals surface area contributed by atoms with Crippen LogP contribution in [0.25, 0.3) is 0 Å². The summed E-state index contributed by atoms with van der Waals surface area (Å²) in [4.78, 5) is 0. The van der Waals surface area contributed by atoms with E-state index in [1.54, 1.807) is 0 Å². The van der Waals surface area contributed by atoms with Gasteiger partial charge in [-0.05, 0) is 0 Å². The Morgan fingerprint density at radius 3 is 0.526 bits per heavy atom. The minimum atomic E-state index is -1.49. The van der Waals surface area contributed by atoms with Crippen LogP contribution in [0.5, 0.6) is 0 Å². The van der Waals surface area contributed by atoms with Gasteiger partial charge < -0.3 is 0 Å². The largest absolute Gasteiger partial charge is 0.0720 e. The molecular formula is C26H76Si12. The van der Waals surface area contributed by atoms with Gasteiger partial charge in [0, 0.05) is 87.2 Å². The maximum Gasteiger partial charge on any atom is 0.0358 e. The molecule has 0 saturated carbocycles. The first kappa shape index (κ1) is 38.6. The minimum Gasteiger partial charge on any atom is -0.0720 e. The van der Waals surface area contributed by atoms with E-state index < -0.39 is 87.2 Å². The third-order valence-corrected chi connectivity index (χ3v) is 304. The second-order valence-corrected chi connectivity index (χ2v) is 155. The maximum absolute atomic E-state index is 3.01. The average Bonchev–Trinajstić information content (AvgIpc) is 2.39. The molecular weight excluding hydrogens is 649 g/mol. The van der Waals surface area contributed by atoms with Crippen molar-refractivity contribution in [3.63, 3.8) is 0 Å². The zero-order valence-electron chi connectivity index (χ0n) is 31.4. The van der Waals surface area contributed by atoms with E-state index in [1.165, 1.54) is 0 Å². The van der Waals surface area contributed by atoms with Crippen molar-refractivity contribution in [1.29, 1.82) is 0 Å². The molecule has 0 unspecified atom stereocenters. The quantitative estimate of drug-likeness (QED) is 0.197. The van der Waals surface area contributed by atoms with Crippen molar-refractivity contribution in [2.45, 2.75) is 168 Å². The molecule has 1 aliphatic heterocycles. The molecule has 0 bridgehead atoms. The number of hydrogen-bond acceptors (Lipinski definition) is 0. The zero-order chi connectivity index (χ0) is 31.4. The van der Waals surface area contributed by atoms with Gasteiger partial charge in [0.05, 0.1) is 0 Å². The summed E-state index contributed by atoms with van der Waals surface area (Å²) in [6.45, 7) is 71.5. The van der Waals surface area contributed by atoms with E-state index in [9.17, 15) is 0 Å². The Morgan fingerprint density at radius 1 is 0.263 bits per heavy atom. The first-order valence-corrected chi connectivity index (χ1v) is 62.7. The molecule has 38 heavy (non-hydrogen) atoms. The van der Waals surface area contributed by atoms with Gasteiger partial charge in [0.25, 0.3) is 0 Å². The van der Waals surface area contributed by atoms with E-state index in [1.807, 2.05) is 11.3 Å². The highest BCUT2D eigenvalue weighted by atomic mass is 30.4. The van der Waals surface area contributed by atoms with Crippen LogP contribution in [0.15, 0.2) is 0 Å². The molecule has 0 aromatic carbocycles. The van der Waals surface area contributed by atoms with Crippen LogP contribution in [0, 0.1) is 0 Å². The lowest BCUT2D eigenvalue weighted by molar-refractivity contribution is 1.49. The lowest BCUT2D eigenvalue weighted by atomic mass is 11.8. The first-order valence-electron chi connectivity index (χ1n) is 15.9. The molecule has 1 rings (SSSR count). The van der Waals surface area contributed by atoms with Crippen molar-refractivity contribution in [1.82, 2.24) is 0 Å². The summed E-state index contributed by atoms with van der Waals surface area (Å²) >= 11 is 0. The van der Waals surface area contributed by atoms with Crippen LogP contribution >= 0.6 is 0 Å². The molecule has 0 nitrogen and oxygen atoms in total. The monoisotopic (exact) mass is 724 g/mol. The van der Waals surface area contributed by atoms with Gasteiger partial charge in [0.15, 0.2) is 0 Å². The standard InChI is InChI=1S/C26H76Si12/c1-27(2,3)35(28(4,5)6)25-36(26-35,37(29(7,8)9,30(10,11)12)31(13,14)15)38(32(16,17)18,33(19,20)21)34(22,23)24/h25-26H2,1-24H3. The Hall–Kier alpha value is 2.60. The van der Waals surface area contributed by atoms with Gasteiger partial charge in [-0.15, -0.1) is 0 Å². The lowest BCUT2D eigenvalue weighted by Gasteiger charge is -2.84. The highest BCUT2D eigenvalue weighted by Gasteiger charge is 2.88. The highest BCUT2D eigenvalue weighted by molar-refractivity contribution is 8.27. The van der Waals surface area contributed by atoms with Gasteiger partial charge in [-0.25, -0.2) is 0 Å². The summed E-state index contributed by atoms with van der Waals surface area (Å²) in [6.07, 6.45) is -2.96. The van der Waals surface area contributed by atoms with E-state index in [-0.39, 0.29) is 0 Å². The first-order chi connectivity index (χ1) is 15.9. The van der Waals surface area contributed by atoms with Crippen LogP contribution in [-0.4, -0.2) is 87.2 Å². The van der Waals surface area contributed by atoms with Crippen molar-refractivity contribution in [2.75, 3.05) is 0 Å². The van der Waals surface area contributed by atoms with E-state index in [0.717, 1.165) is 0 Å². The molecule has 1 aliphatic rings. The van der Waals surface area contributed by atoms with E-state index in [4.69, 9.17) is 0 Å². The van der Waals surface area contributed by atoms with Gasteiger partial charge in [0.1, 0.15) is 0 Å². The molecule has 0 radical (unpaired) electrons. The number of hydrogen-bond donors (Lipinski definition) is 0. The Balaban J connectivity index is 4.87. The van der Waals surface area contributed by atoms with Crippen molar-refractivity contribution >= 4 is 87.2 Å². The average molecular weight is 726 g/mol. The van der Waals surface area contributed by atoms with Crippen LogP contribution in [0.3, 0.4) is 0 Å². The summed E-state index contributed by atoms with van der Waals surface area (Å²) < 4.78 is 0. The Labute approximate surface area is 253 Å². The van der Waals surface area contributed by atoms with Crippen LogP contribution in [0.2, 0.25) is 168 Å². The van der Waals surface area contributed by atoms with Gasteiger partial charge in [-0.3, -0.25) is 0 Å². The van der Waals surface area contributed by atoms with Gasteiger partial charge in [-0.1, -0.05) is 168 Å². The van der Waals surface area contributed by atoms with Gasteiger partial charge in [-0.2, -0.15) is 0 Å². The summed E-state index contributed by atoms with van der Waals surface area (Å²) in [6, 6.07) is 0. The third kappa shape index (κ3) is 4.99. The predicted octanol–water partition coefficient (Wildman–Crippen LogP) is 10.4. The molecule has 0 aliphatic carbocycles. The minimum absolute atomic E-state index is 1.19. The SMILES string of the molecule is C[Si](C)(C)[Si]1([Si](C)(C)C)C[Si]([Si]([Si](C)(C)C)([Si](C)(C)C)[Si](C)(C)C)([Si]([Si](C)(C)C)([Si](C)(C)C)[Si](C)(C)C)C1. The molecule has 0 spiro atoms. The fourth-order valence-corrected chi connectivity index (χ4v) is 573. The second kappa shape index (κ2) is 10.1. The Morgan fingerprint density at radius 2 is 0.421 bits per heavy atom. The molecule has 1 heterocycles. The molecule has 0 amide bonds. The van der Waals surface area contributed by atoms with Gasteiger partial charge in [0.2, 0.25) is 0 Å². The molecule has 0 aromatic heterocycles.